The zero-order chi connectivity index (χ0) is 11.8. The molecule has 90 valence electrons. The molecule has 2 rings (SSSR count). The third-order valence-corrected chi connectivity index (χ3v) is 3.53. The smallest absolute Gasteiger partial charge is 0.0949 e. The Hall–Kier alpha value is -0.870. The van der Waals surface area contributed by atoms with Crippen molar-refractivity contribution in [3.63, 3.8) is 0 Å². The highest BCUT2D eigenvalue weighted by Crippen LogP contribution is 2.37. The van der Waals surface area contributed by atoms with E-state index in [0.29, 0.717) is 0 Å². The van der Waals surface area contributed by atoms with Crippen molar-refractivity contribution in [1.29, 1.82) is 0 Å². The zero-order valence-corrected chi connectivity index (χ0v) is 10.4. The molecule has 0 amide bonds. The first kappa shape index (κ1) is 11.6. The third-order valence-electron chi connectivity index (χ3n) is 3.53. The minimum atomic E-state index is -0.352. The first-order valence-corrected chi connectivity index (χ1v) is 5.81. The van der Waals surface area contributed by atoms with Gasteiger partial charge in [0.25, 0.3) is 0 Å². The fourth-order valence-electron chi connectivity index (χ4n) is 2.29. The van der Waals surface area contributed by atoms with Crippen LogP contribution in [0, 0.1) is 0 Å². The van der Waals surface area contributed by atoms with E-state index in [-0.39, 0.29) is 11.1 Å². The summed E-state index contributed by atoms with van der Waals surface area (Å²) < 4.78 is 7.75. The number of methoxy groups -OCH3 is 1. The van der Waals surface area contributed by atoms with E-state index in [1.54, 1.807) is 7.11 Å². The molecule has 1 aromatic rings. The molecule has 0 saturated heterocycles. The molecule has 0 radical (unpaired) electrons. The average molecular weight is 223 g/mol. The van der Waals surface area contributed by atoms with Gasteiger partial charge in [-0.15, -0.1) is 0 Å². The first-order valence-electron chi connectivity index (χ1n) is 5.81. The summed E-state index contributed by atoms with van der Waals surface area (Å²) in [5.74, 6) is 0. The summed E-state index contributed by atoms with van der Waals surface area (Å²) in [5, 5.41) is 0. The maximum Gasteiger partial charge on any atom is 0.0949 e. The molecule has 2 N–H and O–H groups in total. The summed E-state index contributed by atoms with van der Waals surface area (Å²) in [6.07, 6.45) is 7.22. The topological polar surface area (TPSA) is 53.1 Å². The molecule has 16 heavy (non-hydrogen) atoms. The monoisotopic (exact) mass is 223 g/mol. The highest BCUT2D eigenvalue weighted by Gasteiger charge is 2.38. The van der Waals surface area contributed by atoms with Crippen molar-refractivity contribution in [3.8, 4) is 0 Å². The van der Waals surface area contributed by atoms with E-state index in [4.69, 9.17) is 10.5 Å². The lowest BCUT2D eigenvalue weighted by molar-refractivity contribution is -0.0842. The van der Waals surface area contributed by atoms with Crippen molar-refractivity contribution < 1.29 is 4.74 Å². The molecule has 1 aliphatic carbocycles. The molecular weight excluding hydrogens is 202 g/mol. The van der Waals surface area contributed by atoms with Crippen LogP contribution in [-0.2, 0) is 16.8 Å². The highest BCUT2D eigenvalue weighted by atomic mass is 16.5. The first-order chi connectivity index (χ1) is 7.47. The van der Waals surface area contributed by atoms with Crippen LogP contribution in [0.5, 0.6) is 0 Å². The summed E-state index contributed by atoms with van der Waals surface area (Å²) in [5.41, 5.74) is 6.85. The Kier molecular flexibility index (Phi) is 2.80. The molecule has 4 heteroatoms. The predicted octanol–water partition coefficient (Wildman–Crippen LogP) is 1.65. The van der Waals surface area contributed by atoms with Gasteiger partial charge in [0, 0.05) is 13.3 Å². The quantitative estimate of drug-likeness (QED) is 0.844. The number of imidazole rings is 1. The third kappa shape index (κ3) is 1.99. The molecule has 1 aliphatic rings. The maximum absolute atomic E-state index is 6.12. The van der Waals surface area contributed by atoms with Crippen LogP contribution in [-0.4, -0.2) is 22.3 Å². The van der Waals surface area contributed by atoms with Crippen LogP contribution < -0.4 is 5.73 Å². The van der Waals surface area contributed by atoms with Gasteiger partial charge in [0.15, 0.2) is 0 Å². The van der Waals surface area contributed by atoms with Crippen molar-refractivity contribution in [2.24, 2.45) is 5.73 Å². The molecule has 1 heterocycles. The normalized spacial score (nSPS) is 19.5. The highest BCUT2D eigenvalue weighted by molar-refractivity contribution is 5.11. The van der Waals surface area contributed by atoms with Crippen LogP contribution >= 0.6 is 0 Å². The second-order valence-corrected chi connectivity index (χ2v) is 5.37. The van der Waals surface area contributed by atoms with Gasteiger partial charge < -0.3 is 15.0 Å². The van der Waals surface area contributed by atoms with Crippen LogP contribution in [0.1, 0.15) is 38.8 Å². The molecule has 0 aliphatic heterocycles. The Labute approximate surface area is 96.8 Å². The van der Waals surface area contributed by atoms with E-state index in [1.807, 2.05) is 26.4 Å². The van der Waals surface area contributed by atoms with Gasteiger partial charge in [0.2, 0.25) is 0 Å². The molecule has 1 fully saturated rings. The van der Waals surface area contributed by atoms with Crippen LogP contribution in [0.15, 0.2) is 12.5 Å². The van der Waals surface area contributed by atoms with E-state index in [1.165, 1.54) is 6.42 Å². The van der Waals surface area contributed by atoms with Gasteiger partial charge in [-0.2, -0.15) is 0 Å². The summed E-state index contributed by atoms with van der Waals surface area (Å²) in [4.78, 5) is 4.19. The van der Waals surface area contributed by atoms with Crippen molar-refractivity contribution in [2.45, 2.75) is 50.8 Å². The number of nitrogens with two attached hydrogens (primary N) is 1. The molecule has 1 saturated carbocycles. The lowest BCUT2D eigenvalue weighted by Gasteiger charge is -2.41. The SMILES string of the molecule is COC1(Cn2cncc2C(C)(C)N)CCC1. The molecular formula is C12H21N3O. The van der Waals surface area contributed by atoms with E-state index in [2.05, 4.69) is 9.55 Å². The second kappa shape index (κ2) is 3.86. The largest absolute Gasteiger partial charge is 0.376 e. The maximum atomic E-state index is 6.12. The molecule has 0 bridgehead atoms. The number of hydrogen-bond donors (Lipinski definition) is 1. The summed E-state index contributed by atoms with van der Waals surface area (Å²) in [7, 11) is 1.79. The number of rotatable bonds is 4. The Morgan fingerprint density at radius 2 is 2.25 bits per heavy atom. The van der Waals surface area contributed by atoms with E-state index in [9.17, 15) is 0 Å². The molecule has 0 unspecified atom stereocenters. The van der Waals surface area contributed by atoms with Crippen LogP contribution in [0.25, 0.3) is 0 Å². The van der Waals surface area contributed by atoms with Crippen LogP contribution in [0.3, 0.4) is 0 Å². The van der Waals surface area contributed by atoms with Crippen molar-refractivity contribution in [1.82, 2.24) is 9.55 Å². The van der Waals surface area contributed by atoms with Crippen molar-refractivity contribution >= 4 is 0 Å². The van der Waals surface area contributed by atoms with Crippen LogP contribution in [0.4, 0.5) is 0 Å². The Morgan fingerprint density at radius 1 is 1.56 bits per heavy atom. The standard InChI is InChI=1S/C12H21N3O/c1-11(2,13)10-7-14-9-15(10)8-12(16-3)5-4-6-12/h7,9H,4-6,8,13H2,1-3H3. The summed E-state index contributed by atoms with van der Waals surface area (Å²) >= 11 is 0. The number of ether oxygens (including phenoxy) is 1. The van der Waals surface area contributed by atoms with Gasteiger partial charge in [-0.3, -0.25) is 0 Å². The van der Waals surface area contributed by atoms with Gasteiger partial charge in [-0.05, 0) is 33.1 Å². The molecule has 0 aromatic carbocycles. The Bertz CT molecular complexity index is 355. The number of hydrogen-bond acceptors (Lipinski definition) is 3. The number of nitrogens with zero attached hydrogens (tertiary/aromatic N) is 2. The lowest BCUT2D eigenvalue weighted by atomic mass is 9.79. The Morgan fingerprint density at radius 3 is 2.69 bits per heavy atom. The van der Waals surface area contributed by atoms with Crippen molar-refractivity contribution in [2.75, 3.05) is 7.11 Å². The lowest BCUT2D eigenvalue weighted by Crippen LogP contribution is -2.44. The van der Waals surface area contributed by atoms with E-state index >= 15 is 0 Å². The van der Waals surface area contributed by atoms with Gasteiger partial charge in [-0.25, -0.2) is 4.98 Å². The molecule has 0 atom stereocenters. The molecule has 0 spiro atoms. The zero-order valence-electron chi connectivity index (χ0n) is 10.4. The van der Waals surface area contributed by atoms with Gasteiger partial charge >= 0.3 is 0 Å². The van der Waals surface area contributed by atoms with Crippen molar-refractivity contribution in [3.05, 3.63) is 18.2 Å². The van der Waals surface area contributed by atoms with Gasteiger partial charge in [0.05, 0.1) is 29.7 Å². The average Bonchev–Trinajstić information content (AvgIpc) is 2.58. The van der Waals surface area contributed by atoms with Gasteiger partial charge in [0.1, 0.15) is 0 Å². The van der Waals surface area contributed by atoms with E-state index < -0.39 is 0 Å². The minimum absolute atomic E-state index is 0.0146. The predicted molar refractivity (Wildman–Crippen MR) is 63.0 cm³/mol. The van der Waals surface area contributed by atoms with E-state index in [0.717, 1.165) is 25.1 Å². The number of aromatic nitrogens is 2. The van der Waals surface area contributed by atoms with Crippen LogP contribution in [0.2, 0.25) is 0 Å². The fraction of sp³-hybridized carbons (Fsp3) is 0.750. The molecule has 1 aromatic heterocycles. The second-order valence-electron chi connectivity index (χ2n) is 5.37. The van der Waals surface area contributed by atoms with Gasteiger partial charge in [-0.1, -0.05) is 0 Å². The summed E-state index contributed by atoms with van der Waals surface area (Å²) in [6, 6.07) is 0. The summed E-state index contributed by atoms with van der Waals surface area (Å²) in [6.45, 7) is 4.86. The Balaban J connectivity index is 2.19. The minimum Gasteiger partial charge on any atom is -0.376 e. The fourth-order valence-corrected chi connectivity index (χ4v) is 2.29. The molecule has 4 nitrogen and oxygen atoms in total.